The van der Waals surface area contributed by atoms with E-state index in [9.17, 15) is 14.7 Å². The van der Waals surface area contributed by atoms with Gasteiger partial charge in [0, 0.05) is 18.4 Å². The van der Waals surface area contributed by atoms with Gasteiger partial charge in [0.15, 0.2) is 0 Å². The van der Waals surface area contributed by atoms with E-state index >= 15 is 0 Å². The van der Waals surface area contributed by atoms with Crippen molar-refractivity contribution in [3.8, 4) is 0 Å². The number of rotatable bonds is 3. The van der Waals surface area contributed by atoms with Crippen molar-refractivity contribution in [3.63, 3.8) is 0 Å². The summed E-state index contributed by atoms with van der Waals surface area (Å²) in [6.07, 6.45) is 6.12. The van der Waals surface area contributed by atoms with Crippen molar-refractivity contribution in [2.45, 2.75) is 32.2 Å². The maximum atomic E-state index is 12.3. The zero-order chi connectivity index (χ0) is 14.3. The molecule has 0 saturated heterocycles. The van der Waals surface area contributed by atoms with Gasteiger partial charge in [0.25, 0.3) is 5.91 Å². The van der Waals surface area contributed by atoms with E-state index in [0.29, 0.717) is 11.5 Å². The second-order valence-corrected chi connectivity index (χ2v) is 5.95. The van der Waals surface area contributed by atoms with Gasteiger partial charge in [-0.25, -0.2) is 0 Å². The van der Waals surface area contributed by atoms with Crippen LogP contribution in [-0.2, 0) is 4.79 Å². The number of nitrogens with zero attached hydrogens (tertiary/aromatic N) is 1. The Morgan fingerprint density at radius 1 is 1.30 bits per heavy atom. The fourth-order valence-electron chi connectivity index (χ4n) is 3.77. The molecule has 2 saturated carbocycles. The van der Waals surface area contributed by atoms with E-state index in [1.807, 2.05) is 6.92 Å². The van der Waals surface area contributed by atoms with Crippen LogP contribution in [0.5, 0.6) is 0 Å². The van der Waals surface area contributed by atoms with E-state index in [1.54, 1.807) is 12.3 Å². The summed E-state index contributed by atoms with van der Waals surface area (Å²) < 4.78 is 0. The monoisotopic (exact) mass is 274 g/mol. The van der Waals surface area contributed by atoms with Crippen molar-refractivity contribution in [2.75, 3.05) is 0 Å². The third-order valence-electron chi connectivity index (χ3n) is 4.64. The second-order valence-electron chi connectivity index (χ2n) is 5.95. The molecular weight excluding hydrogens is 256 g/mol. The number of carbonyl (C=O) groups excluding carboxylic acids is 1. The molecule has 1 aromatic heterocycles. The molecule has 2 bridgehead atoms. The number of carboxylic acids is 1. The minimum absolute atomic E-state index is 0.218. The Labute approximate surface area is 117 Å². The molecule has 0 aromatic carbocycles. The Balaban J connectivity index is 1.77. The number of amides is 1. The van der Waals surface area contributed by atoms with Crippen LogP contribution in [0.2, 0.25) is 0 Å². The maximum absolute atomic E-state index is 12.3. The molecule has 1 amide bonds. The summed E-state index contributed by atoms with van der Waals surface area (Å²) in [5.74, 6) is -0.911. The number of aliphatic carboxylic acids is 1. The van der Waals surface area contributed by atoms with Gasteiger partial charge in [-0.2, -0.15) is 0 Å². The molecule has 106 valence electrons. The lowest BCUT2D eigenvalue weighted by molar-refractivity contribution is -0.144. The number of aromatic nitrogens is 1. The number of carboxylic acid groups (broad SMARTS) is 1. The Morgan fingerprint density at radius 3 is 2.75 bits per heavy atom. The van der Waals surface area contributed by atoms with Gasteiger partial charge in [-0.05, 0) is 49.7 Å². The van der Waals surface area contributed by atoms with Crippen LogP contribution in [0.25, 0.3) is 0 Å². The number of hydrogen-bond acceptors (Lipinski definition) is 3. The van der Waals surface area contributed by atoms with Crippen LogP contribution in [0.4, 0.5) is 0 Å². The van der Waals surface area contributed by atoms with Crippen LogP contribution in [-0.4, -0.2) is 28.0 Å². The molecule has 3 rings (SSSR count). The van der Waals surface area contributed by atoms with Gasteiger partial charge in [0.05, 0.1) is 11.5 Å². The lowest BCUT2D eigenvalue weighted by Crippen LogP contribution is -2.46. The molecule has 20 heavy (non-hydrogen) atoms. The first-order valence-electron chi connectivity index (χ1n) is 7.01. The fraction of sp³-hybridized carbons (Fsp3) is 0.533. The van der Waals surface area contributed by atoms with E-state index in [0.717, 1.165) is 24.8 Å². The lowest BCUT2D eigenvalue weighted by atomic mass is 9.84. The Hall–Kier alpha value is -1.91. The van der Waals surface area contributed by atoms with Crippen LogP contribution >= 0.6 is 0 Å². The van der Waals surface area contributed by atoms with E-state index in [1.165, 1.54) is 6.20 Å². The molecule has 4 unspecified atom stereocenters. The maximum Gasteiger partial charge on any atom is 0.308 e. The molecule has 2 aliphatic rings. The zero-order valence-electron chi connectivity index (χ0n) is 11.4. The Morgan fingerprint density at radius 2 is 2.05 bits per heavy atom. The summed E-state index contributed by atoms with van der Waals surface area (Å²) in [7, 11) is 0. The molecule has 1 heterocycles. The number of carbonyl (C=O) groups is 2. The molecule has 1 aromatic rings. The summed E-state index contributed by atoms with van der Waals surface area (Å²) >= 11 is 0. The average molecular weight is 274 g/mol. The van der Waals surface area contributed by atoms with E-state index in [2.05, 4.69) is 10.3 Å². The van der Waals surface area contributed by atoms with Crippen molar-refractivity contribution >= 4 is 11.9 Å². The molecule has 4 atom stereocenters. The van der Waals surface area contributed by atoms with Crippen molar-refractivity contribution < 1.29 is 14.7 Å². The second kappa shape index (κ2) is 4.89. The number of nitrogens with one attached hydrogen (secondary N) is 1. The van der Waals surface area contributed by atoms with E-state index in [4.69, 9.17) is 0 Å². The van der Waals surface area contributed by atoms with Crippen molar-refractivity contribution in [1.29, 1.82) is 0 Å². The van der Waals surface area contributed by atoms with Gasteiger partial charge < -0.3 is 10.4 Å². The van der Waals surface area contributed by atoms with Crippen LogP contribution in [0.3, 0.4) is 0 Å². The molecule has 0 spiro atoms. The molecule has 0 radical (unpaired) electrons. The smallest absolute Gasteiger partial charge is 0.308 e. The fourth-order valence-corrected chi connectivity index (χ4v) is 3.77. The summed E-state index contributed by atoms with van der Waals surface area (Å²) in [6, 6.07) is 1.53. The lowest BCUT2D eigenvalue weighted by Gasteiger charge is -2.28. The van der Waals surface area contributed by atoms with Crippen LogP contribution in [0.15, 0.2) is 18.5 Å². The Bertz CT molecular complexity index is 558. The largest absolute Gasteiger partial charge is 0.481 e. The van der Waals surface area contributed by atoms with Crippen molar-refractivity contribution in [1.82, 2.24) is 10.3 Å². The molecule has 5 heteroatoms. The molecular formula is C15H18N2O3. The summed E-state index contributed by atoms with van der Waals surface area (Å²) in [6.45, 7) is 1.88. The van der Waals surface area contributed by atoms with Gasteiger partial charge in [0.2, 0.25) is 0 Å². The predicted molar refractivity (Wildman–Crippen MR) is 72.2 cm³/mol. The zero-order valence-corrected chi connectivity index (χ0v) is 11.4. The molecule has 0 aliphatic heterocycles. The predicted octanol–water partition coefficient (Wildman–Crippen LogP) is 1.62. The van der Waals surface area contributed by atoms with E-state index in [-0.39, 0.29) is 17.9 Å². The molecule has 5 nitrogen and oxygen atoms in total. The number of aryl methyl sites for hydroxylation is 1. The van der Waals surface area contributed by atoms with E-state index < -0.39 is 11.9 Å². The highest BCUT2D eigenvalue weighted by Crippen LogP contribution is 2.48. The van der Waals surface area contributed by atoms with Crippen molar-refractivity contribution in [3.05, 3.63) is 29.6 Å². The number of pyridine rings is 1. The highest BCUT2D eigenvalue weighted by atomic mass is 16.4. The summed E-state index contributed by atoms with van der Waals surface area (Å²) in [5.41, 5.74) is 1.41. The third-order valence-corrected chi connectivity index (χ3v) is 4.64. The number of hydrogen-bond donors (Lipinski definition) is 2. The normalized spacial score (nSPS) is 31.2. The van der Waals surface area contributed by atoms with Crippen molar-refractivity contribution in [2.24, 2.45) is 17.8 Å². The quantitative estimate of drug-likeness (QED) is 0.877. The third kappa shape index (κ3) is 2.17. The topological polar surface area (TPSA) is 79.3 Å². The molecule has 2 aliphatic carbocycles. The standard InChI is InChI=1S/C15H18N2O3/c1-8-4-11(7-16-6-8)14(18)17-13-10-3-2-9(5-10)12(13)15(19)20/h4,6-7,9-10,12-13H,2-3,5H2,1H3,(H,17,18)(H,19,20). The highest BCUT2D eigenvalue weighted by molar-refractivity contribution is 5.94. The molecule has 2 N–H and O–H groups in total. The van der Waals surface area contributed by atoms with Gasteiger partial charge in [-0.15, -0.1) is 0 Å². The summed E-state index contributed by atoms with van der Waals surface area (Å²) in [4.78, 5) is 27.7. The van der Waals surface area contributed by atoms with Gasteiger partial charge in [-0.1, -0.05) is 0 Å². The van der Waals surface area contributed by atoms with Crippen LogP contribution in [0, 0.1) is 24.7 Å². The SMILES string of the molecule is Cc1cncc(C(=O)NC2C3CCC(C3)C2C(=O)O)c1. The molecule has 2 fully saturated rings. The van der Waals surface area contributed by atoms with Gasteiger partial charge in [0.1, 0.15) is 0 Å². The average Bonchev–Trinajstić information content (AvgIpc) is 2.99. The summed E-state index contributed by atoms with van der Waals surface area (Å²) in [5, 5.41) is 12.3. The van der Waals surface area contributed by atoms with Gasteiger partial charge in [-0.3, -0.25) is 14.6 Å². The first-order valence-corrected chi connectivity index (χ1v) is 7.01. The first kappa shape index (κ1) is 13.1. The minimum atomic E-state index is -0.787. The van der Waals surface area contributed by atoms with Crippen LogP contribution < -0.4 is 5.32 Å². The minimum Gasteiger partial charge on any atom is -0.481 e. The Kier molecular flexibility index (Phi) is 3.20. The van der Waals surface area contributed by atoms with Crippen LogP contribution in [0.1, 0.15) is 35.2 Å². The highest BCUT2D eigenvalue weighted by Gasteiger charge is 2.51. The first-order chi connectivity index (χ1) is 9.56. The van der Waals surface area contributed by atoms with Gasteiger partial charge >= 0.3 is 5.97 Å². The number of fused-ring (bicyclic) bond motifs is 2.